The molecule has 1 aromatic rings. The van der Waals surface area contributed by atoms with Gasteiger partial charge < -0.3 is 19.3 Å². The van der Waals surface area contributed by atoms with Gasteiger partial charge in [-0.05, 0) is 59.9 Å². The molecule has 2 fully saturated rings. The van der Waals surface area contributed by atoms with Gasteiger partial charge in [-0.25, -0.2) is 0 Å². The van der Waals surface area contributed by atoms with Crippen LogP contribution >= 0.6 is 47.8 Å². The lowest BCUT2D eigenvalue weighted by Gasteiger charge is -2.00. The van der Waals surface area contributed by atoms with E-state index >= 15 is 0 Å². The predicted octanol–water partition coefficient (Wildman–Crippen LogP) is 3.48. The van der Waals surface area contributed by atoms with Crippen molar-refractivity contribution in [2.24, 2.45) is 0 Å². The van der Waals surface area contributed by atoms with E-state index in [1.54, 1.807) is 12.1 Å². The Morgan fingerprint density at radius 1 is 1.05 bits per heavy atom. The van der Waals surface area contributed by atoms with Crippen LogP contribution in [-0.2, 0) is 14.2 Å². The molecule has 3 rings (SSSR count). The van der Waals surface area contributed by atoms with Crippen LogP contribution in [0.2, 0.25) is 0 Å². The first-order valence-electron chi connectivity index (χ1n) is 5.71. The Balaban J connectivity index is 0.000000141. The van der Waals surface area contributed by atoms with Gasteiger partial charge in [0.25, 0.3) is 0 Å². The molecular weight excluding hydrogens is 448 g/mol. The van der Waals surface area contributed by atoms with Gasteiger partial charge in [-0.15, -0.1) is 0 Å². The molecular formula is C12H13Br3O4. The highest BCUT2D eigenvalue weighted by molar-refractivity contribution is 9.14. The Labute approximate surface area is 136 Å². The Morgan fingerprint density at radius 3 is 2.00 bits per heavy atom. The first-order chi connectivity index (χ1) is 9.08. The molecule has 106 valence electrons. The molecule has 19 heavy (non-hydrogen) atoms. The average molecular weight is 461 g/mol. The van der Waals surface area contributed by atoms with Crippen LogP contribution in [0.1, 0.15) is 0 Å². The molecule has 0 spiro atoms. The molecule has 0 amide bonds. The molecule has 0 aromatic heterocycles. The Hall–Kier alpha value is 0.340. The summed E-state index contributed by atoms with van der Waals surface area (Å²) >= 11 is 9.77. The minimum absolute atomic E-state index is 0.232. The summed E-state index contributed by atoms with van der Waals surface area (Å²) in [6.45, 7) is 3.26. The zero-order chi connectivity index (χ0) is 13.8. The third-order valence-electron chi connectivity index (χ3n) is 2.43. The molecule has 0 radical (unpaired) electrons. The highest BCUT2D eigenvalue weighted by atomic mass is 79.9. The van der Waals surface area contributed by atoms with E-state index in [4.69, 9.17) is 19.3 Å². The van der Waals surface area contributed by atoms with Gasteiger partial charge in [0, 0.05) is 8.95 Å². The quantitative estimate of drug-likeness (QED) is 0.552. The van der Waals surface area contributed by atoms with Gasteiger partial charge in [-0.1, -0.05) is 0 Å². The van der Waals surface area contributed by atoms with Crippen LogP contribution in [0.25, 0.3) is 0 Å². The lowest BCUT2D eigenvalue weighted by molar-refractivity contribution is 0.102. The van der Waals surface area contributed by atoms with Crippen molar-refractivity contribution >= 4 is 47.8 Å². The standard InChI is InChI=1S/C6H3Br3O.C6H10O3/c7-3-1-2-4(10)6(9)5(3)8;1(5-3-8-5)7-2-6-4-9-6/h1-2,10H;5-6H,1-4H2. The number of benzene rings is 1. The molecule has 0 saturated carbocycles. The summed E-state index contributed by atoms with van der Waals surface area (Å²) in [5.41, 5.74) is 0. The summed E-state index contributed by atoms with van der Waals surface area (Å²) < 4.78 is 17.5. The molecule has 0 bridgehead atoms. The molecule has 2 unspecified atom stereocenters. The monoisotopic (exact) mass is 458 g/mol. The fourth-order valence-electron chi connectivity index (χ4n) is 1.18. The maximum Gasteiger partial charge on any atom is 0.130 e. The van der Waals surface area contributed by atoms with Gasteiger partial charge in [-0.2, -0.15) is 0 Å². The molecule has 1 N–H and O–H groups in total. The van der Waals surface area contributed by atoms with E-state index in [0.29, 0.717) is 16.7 Å². The average Bonchev–Trinajstić information content (AvgIpc) is 3.26. The number of hydrogen-bond donors (Lipinski definition) is 1. The Bertz CT molecular complexity index is 394. The van der Waals surface area contributed by atoms with E-state index in [-0.39, 0.29) is 5.75 Å². The summed E-state index contributed by atoms with van der Waals surface area (Å²) in [5.74, 6) is 0.232. The Morgan fingerprint density at radius 2 is 1.58 bits per heavy atom. The van der Waals surface area contributed by atoms with E-state index in [1.807, 2.05) is 0 Å². The van der Waals surface area contributed by atoms with Gasteiger partial charge in [-0.3, -0.25) is 0 Å². The van der Waals surface area contributed by atoms with Crippen LogP contribution in [0.3, 0.4) is 0 Å². The van der Waals surface area contributed by atoms with Crippen LogP contribution < -0.4 is 0 Å². The van der Waals surface area contributed by atoms with Crippen LogP contribution in [0.5, 0.6) is 5.75 Å². The number of epoxide rings is 2. The third kappa shape index (κ3) is 5.69. The van der Waals surface area contributed by atoms with Crippen molar-refractivity contribution < 1.29 is 19.3 Å². The highest BCUT2D eigenvalue weighted by Gasteiger charge is 2.26. The minimum Gasteiger partial charge on any atom is -0.507 e. The van der Waals surface area contributed by atoms with Crippen molar-refractivity contribution in [1.29, 1.82) is 0 Å². The molecule has 2 aliphatic rings. The first-order valence-corrected chi connectivity index (χ1v) is 8.09. The van der Waals surface area contributed by atoms with Crippen LogP contribution in [0.15, 0.2) is 25.6 Å². The van der Waals surface area contributed by atoms with Gasteiger partial charge >= 0.3 is 0 Å². The van der Waals surface area contributed by atoms with Gasteiger partial charge in [0.05, 0.1) is 30.9 Å². The van der Waals surface area contributed by atoms with Crippen molar-refractivity contribution in [3.05, 3.63) is 25.6 Å². The molecule has 4 nitrogen and oxygen atoms in total. The van der Waals surface area contributed by atoms with Gasteiger partial charge in [0.2, 0.25) is 0 Å². The summed E-state index contributed by atoms with van der Waals surface area (Å²) in [5, 5.41) is 9.13. The second-order valence-corrected chi connectivity index (χ2v) is 6.58. The van der Waals surface area contributed by atoms with Crippen LogP contribution in [0.4, 0.5) is 0 Å². The summed E-state index contributed by atoms with van der Waals surface area (Å²) in [7, 11) is 0. The highest BCUT2D eigenvalue weighted by Crippen LogP contribution is 2.36. The van der Waals surface area contributed by atoms with Crippen molar-refractivity contribution in [3.8, 4) is 5.75 Å². The third-order valence-corrected chi connectivity index (χ3v) is 5.78. The van der Waals surface area contributed by atoms with E-state index in [1.165, 1.54) is 0 Å². The maximum atomic E-state index is 9.13. The topological polar surface area (TPSA) is 54.5 Å². The fraction of sp³-hybridized carbons (Fsp3) is 0.500. The van der Waals surface area contributed by atoms with Crippen molar-refractivity contribution in [2.75, 3.05) is 26.4 Å². The smallest absolute Gasteiger partial charge is 0.130 e. The van der Waals surface area contributed by atoms with E-state index < -0.39 is 0 Å². The van der Waals surface area contributed by atoms with E-state index in [0.717, 1.165) is 35.4 Å². The number of ether oxygens (including phenoxy) is 3. The normalized spacial score (nSPS) is 23.5. The van der Waals surface area contributed by atoms with Crippen molar-refractivity contribution in [1.82, 2.24) is 0 Å². The van der Waals surface area contributed by atoms with Crippen molar-refractivity contribution in [3.63, 3.8) is 0 Å². The van der Waals surface area contributed by atoms with Crippen LogP contribution in [-0.4, -0.2) is 43.7 Å². The number of rotatable bonds is 4. The molecule has 7 heteroatoms. The largest absolute Gasteiger partial charge is 0.507 e. The lowest BCUT2D eigenvalue weighted by Crippen LogP contribution is -2.06. The number of aromatic hydroxyl groups is 1. The van der Waals surface area contributed by atoms with Crippen molar-refractivity contribution in [2.45, 2.75) is 12.2 Å². The van der Waals surface area contributed by atoms with E-state index in [2.05, 4.69) is 47.8 Å². The zero-order valence-electron chi connectivity index (χ0n) is 9.94. The SMILES string of the molecule is C(OCC1CO1)C1CO1.Oc1ccc(Br)c(Br)c1Br. The number of phenolic OH excluding ortho intramolecular Hbond substituents is 1. The molecule has 2 aliphatic heterocycles. The van der Waals surface area contributed by atoms with Gasteiger partial charge in [0.1, 0.15) is 18.0 Å². The maximum absolute atomic E-state index is 9.13. The number of hydrogen-bond acceptors (Lipinski definition) is 4. The lowest BCUT2D eigenvalue weighted by atomic mass is 10.3. The zero-order valence-corrected chi connectivity index (χ0v) is 14.7. The molecule has 1 aromatic carbocycles. The molecule has 2 heterocycles. The minimum atomic E-state index is 0.232. The predicted molar refractivity (Wildman–Crippen MR) is 81.5 cm³/mol. The molecule has 2 atom stereocenters. The second-order valence-electron chi connectivity index (χ2n) is 4.14. The first kappa shape index (κ1) is 15.7. The second kappa shape index (κ2) is 7.38. The number of halogens is 3. The Kier molecular flexibility index (Phi) is 6.11. The molecule has 0 aliphatic carbocycles. The van der Waals surface area contributed by atoms with E-state index in [9.17, 15) is 0 Å². The fourth-order valence-corrected chi connectivity index (χ4v) is 2.45. The van der Waals surface area contributed by atoms with Gasteiger partial charge in [0.15, 0.2) is 0 Å². The summed E-state index contributed by atoms with van der Waals surface area (Å²) in [6, 6.07) is 3.38. The summed E-state index contributed by atoms with van der Waals surface area (Å²) in [4.78, 5) is 0. The number of phenols is 1. The summed E-state index contributed by atoms with van der Waals surface area (Å²) in [6.07, 6.45) is 0.785. The molecule has 2 saturated heterocycles. The van der Waals surface area contributed by atoms with Crippen LogP contribution in [0, 0.1) is 0 Å².